The molecule has 3 aromatic carbocycles. The predicted molar refractivity (Wildman–Crippen MR) is 188 cm³/mol. The highest BCUT2D eigenvalue weighted by Gasteiger charge is 2.25. The lowest BCUT2D eigenvalue weighted by Gasteiger charge is -2.27. The van der Waals surface area contributed by atoms with Crippen LogP contribution in [0.15, 0.2) is 60.7 Å². The van der Waals surface area contributed by atoms with Gasteiger partial charge in [0.1, 0.15) is 24.0 Å². The molecule has 0 saturated heterocycles. The first-order valence-corrected chi connectivity index (χ1v) is 16.9. The zero-order valence-electron chi connectivity index (χ0n) is 27.8. The van der Waals surface area contributed by atoms with Gasteiger partial charge in [-0.3, -0.25) is 10.2 Å². The number of carbonyl (C=O) groups is 1. The summed E-state index contributed by atoms with van der Waals surface area (Å²) in [6.07, 6.45) is 2.84. The Balaban J connectivity index is 0.989. The highest BCUT2D eigenvalue weighted by atomic mass is 35.5. The van der Waals surface area contributed by atoms with Crippen molar-refractivity contribution in [1.82, 2.24) is 29.4 Å². The van der Waals surface area contributed by atoms with Crippen LogP contribution >= 0.6 is 11.6 Å². The number of hydrogen-bond donors (Lipinski definition) is 2. The van der Waals surface area contributed by atoms with E-state index in [1.54, 1.807) is 4.68 Å². The molecule has 7 rings (SSSR count). The molecule has 1 aliphatic heterocycles. The minimum atomic E-state index is -0.305. The van der Waals surface area contributed by atoms with Gasteiger partial charge in [-0.15, -0.1) is 10.2 Å². The van der Waals surface area contributed by atoms with Crippen molar-refractivity contribution >= 4 is 29.1 Å². The van der Waals surface area contributed by atoms with Gasteiger partial charge in [0.05, 0.1) is 17.9 Å². The zero-order chi connectivity index (χ0) is 33.4. The Labute approximate surface area is 286 Å². The van der Waals surface area contributed by atoms with Crippen LogP contribution in [-0.2, 0) is 31.3 Å². The number of carbonyl (C=O) groups excluding carboxylic acids is 1. The third-order valence-corrected chi connectivity index (χ3v) is 9.22. The molecule has 3 heterocycles. The Morgan fingerprint density at radius 2 is 1.81 bits per heavy atom. The third-order valence-electron chi connectivity index (χ3n) is 8.99. The number of urea groups is 1. The number of rotatable bonds is 8. The Morgan fingerprint density at radius 1 is 1.00 bits per heavy atom. The van der Waals surface area contributed by atoms with Crippen LogP contribution in [-0.4, -0.2) is 55.2 Å². The van der Waals surface area contributed by atoms with Gasteiger partial charge in [0, 0.05) is 47.4 Å². The van der Waals surface area contributed by atoms with Crippen molar-refractivity contribution in [2.45, 2.75) is 65.5 Å². The van der Waals surface area contributed by atoms with Gasteiger partial charge in [0.2, 0.25) is 0 Å². The summed E-state index contributed by atoms with van der Waals surface area (Å²) in [5.41, 5.74) is 6.76. The van der Waals surface area contributed by atoms with Crippen LogP contribution in [0.2, 0.25) is 5.02 Å². The van der Waals surface area contributed by atoms with Gasteiger partial charge in [0.25, 0.3) is 0 Å². The molecule has 0 atom stereocenters. The van der Waals surface area contributed by atoms with Gasteiger partial charge in [0.15, 0.2) is 5.82 Å². The molecule has 1 aliphatic carbocycles. The second-order valence-corrected chi connectivity index (χ2v) is 14.0. The van der Waals surface area contributed by atoms with Crippen molar-refractivity contribution in [2.75, 3.05) is 30.3 Å². The van der Waals surface area contributed by atoms with E-state index in [-0.39, 0.29) is 11.4 Å². The summed E-state index contributed by atoms with van der Waals surface area (Å²) in [6, 6.07) is 22.4. The lowest BCUT2D eigenvalue weighted by molar-refractivity contribution is 0.174. The quantitative estimate of drug-likeness (QED) is 0.182. The normalized spacial score (nSPS) is 14.4. The minimum absolute atomic E-state index is 0.174. The average Bonchev–Trinajstić information content (AvgIpc) is 3.81. The molecule has 1 radical (unpaired) electrons. The zero-order valence-corrected chi connectivity index (χ0v) is 28.6. The van der Waals surface area contributed by atoms with E-state index >= 15 is 0 Å². The summed E-state index contributed by atoms with van der Waals surface area (Å²) < 4.78 is 10.3. The Morgan fingerprint density at radius 3 is 2.60 bits per heavy atom. The number of nitrogens with zero attached hydrogens (tertiary/aromatic N) is 6. The molecule has 5 aromatic rings. The number of anilines is 2. The van der Waals surface area contributed by atoms with Crippen LogP contribution in [0.1, 0.15) is 55.4 Å². The maximum atomic E-state index is 13.4. The first-order valence-electron chi connectivity index (χ1n) is 16.5. The van der Waals surface area contributed by atoms with Gasteiger partial charge in [-0.25, -0.2) is 9.48 Å². The van der Waals surface area contributed by atoms with Crippen molar-refractivity contribution in [3.63, 3.8) is 0 Å². The molecule has 2 N–H and O–H groups in total. The first-order chi connectivity index (χ1) is 23.1. The molecule has 247 valence electrons. The van der Waals surface area contributed by atoms with Crippen molar-refractivity contribution < 1.29 is 9.53 Å². The third kappa shape index (κ3) is 6.68. The minimum Gasteiger partial charge on any atom is -0.492 e. The molecule has 0 bridgehead atoms. The molecule has 0 unspecified atom stereocenters. The summed E-state index contributed by atoms with van der Waals surface area (Å²) in [5, 5.41) is 20.5. The maximum Gasteiger partial charge on any atom is 0.324 e. The van der Waals surface area contributed by atoms with Crippen LogP contribution in [0, 0.1) is 13.0 Å². The smallest absolute Gasteiger partial charge is 0.324 e. The second-order valence-electron chi connectivity index (χ2n) is 13.5. The molecule has 0 fully saturated rings. The maximum absolute atomic E-state index is 13.4. The van der Waals surface area contributed by atoms with Gasteiger partial charge < -0.3 is 14.6 Å². The second kappa shape index (κ2) is 13.1. The van der Waals surface area contributed by atoms with Crippen LogP contribution in [0.3, 0.4) is 0 Å². The molecule has 48 heavy (non-hydrogen) atoms. The highest BCUT2D eigenvalue weighted by molar-refractivity contribution is 6.30. The number of halogens is 1. The number of aryl methyl sites for hydroxylation is 1. The molecule has 0 spiro atoms. The lowest BCUT2D eigenvalue weighted by atomic mass is 9.92. The van der Waals surface area contributed by atoms with Crippen molar-refractivity contribution in [1.29, 1.82) is 0 Å². The molecule has 11 heteroatoms. The van der Waals surface area contributed by atoms with Crippen molar-refractivity contribution in [2.24, 2.45) is 0 Å². The number of hydrogen-bond acceptors (Lipinski definition) is 6. The Bertz CT molecular complexity index is 1960. The number of aromatic nitrogens is 5. The fourth-order valence-corrected chi connectivity index (χ4v) is 6.54. The summed E-state index contributed by atoms with van der Waals surface area (Å²) in [6.45, 7) is 12.1. The van der Waals surface area contributed by atoms with Crippen LogP contribution in [0.4, 0.5) is 16.3 Å². The standard InChI is InChI=1S/C37H40ClN8O2/c1-24-11-13-27(14-12-24)46-33(22-32(43-46)37(2,3)4)40-36(47)39-30-15-16-31(29-10-6-9-28(29)30)48-20-19-44-17-18-45-34(23-44)41-42-35(45)25-7-5-8-26(38)21-25/h5,8,11-16,21-22H,6,9-10,17-20,23H2,1-4H3,(H2,39,40,47). The summed E-state index contributed by atoms with van der Waals surface area (Å²) in [4.78, 5) is 15.7. The molecular weight excluding hydrogens is 624 g/mol. The van der Waals surface area contributed by atoms with E-state index in [9.17, 15) is 4.79 Å². The van der Waals surface area contributed by atoms with E-state index in [2.05, 4.69) is 64.1 Å². The molecule has 2 aromatic heterocycles. The van der Waals surface area contributed by atoms with Gasteiger partial charge in [-0.2, -0.15) is 5.10 Å². The number of benzene rings is 3. The van der Waals surface area contributed by atoms with E-state index in [1.165, 1.54) is 5.56 Å². The van der Waals surface area contributed by atoms with Crippen molar-refractivity contribution in [3.05, 3.63) is 100.0 Å². The van der Waals surface area contributed by atoms with E-state index in [0.717, 1.165) is 90.1 Å². The topological polar surface area (TPSA) is 102 Å². The van der Waals surface area contributed by atoms with Crippen LogP contribution in [0.25, 0.3) is 17.1 Å². The Hall–Kier alpha value is -4.67. The SMILES string of the molecule is Cc1ccc(-n2nc(C(C)(C)C)cc2NC(=O)Nc2ccc(OCCN3CCn4c(nnc4-c4[c]ccc(Cl)c4)C3)c3c2CCC3)cc1. The van der Waals surface area contributed by atoms with Gasteiger partial charge in [-0.05, 0) is 79.8 Å². The van der Waals surface area contributed by atoms with E-state index in [1.807, 2.05) is 60.7 Å². The van der Waals surface area contributed by atoms with Crippen molar-refractivity contribution in [3.8, 4) is 22.8 Å². The van der Waals surface area contributed by atoms with E-state index < -0.39 is 0 Å². The molecular formula is C37H40ClN8O2. The monoisotopic (exact) mass is 663 g/mol. The molecule has 2 aliphatic rings. The number of nitrogens with one attached hydrogen (secondary N) is 2. The lowest BCUT2D eigenvalue weighted by Crippen LogP contribution is -2.36. The first kappa shape index (κ1) is 31.9. The number of ether oxygens (including phenoxy) is 1. The van der Waals surface area contributed by atoms with Gasteiger partial charge >= 0.3 is 6.03 Å². The molecule has 0 saturated carbocycles. The fraction of sp³-hybridized carbons (Fsp3) is 0.351. The summed E-state index contributed by atoms with van der Waals surface area (Å²) in [7, 11) is 0. The fourth-order valence-electron chi connectivity index (χ4n) is 6.37. The van der Waals surface area contributed by atoms with Crippen LogP contribution < -0.4 is 15.4 Å². The summed E-state index contributed by atoms with van der Waals surface area (Å²) >= 11 is 6.19. The Kier molecular flexibility index (Phi) is 8.70. The van der Waals surface area contributed by atoms with Crippen LogP contribution in [0.5, 0.6) is 5.75 Å². The number of amides is 2. The van der Waals surface area contributed by atoms with E-state index in [4.69, 9.17) is 21.4 Å². The number of fused-ring (bicyclic) bond motifs is 2. The summed E-state index contributed by atoms with van der Waals surface area (Å²) in [5.74, 6) is 3.23. The highest BCUT2D eigenvalue weighted by Crippen LogP contribution is 2.36. The largest absolute Gasteiger partial charge is 0.492 e. The predicted octanol–water partition coefficient (Wildman–Crippen LogP) is 7.22. The molecule has 2 amide bonds. The average molecular weight is 664 g/mol. The molecule has 10 nitrogen and oxygen atoms in total. The van der Waals surface area contributed by atoms with Gasteiger partial charge in [-0.1, -0.05) is 56.1 Å². The van der Waals surface area contributed by atoms with E-state index in [0.29, 0.717) is 24.0 Å².